The van der Waals surface area contributed by atoms with Gasteiger partial charge in [0.05, 0.1) is 18.1 Å². The Morgan fingerprint density at radius 3 is 2.46 bits per heavy atom. The van der Waals surface area contributed by atoms with Crippen molar-refractivity contribution in [3.63, 3.8) is 0 Å². The zero-order valence-electron chi connectivity index (χ0n) is 14.7. The summed E-state index contributed by atoms with van der Waals surface area (Å²) in [5, 5.41) is 11.1. The van der Waals surface area contributed by atoms with Gasteiger partial charge in [0.15, 0.2) is 5.78 Å². The van der Waals surface area contributed by atoms with Crippen molar-refractivity contribution < 1.29 is 9.59 Å². The molecule has 0 aliphatic rings. The highest BCUT2D eigenvalue weighted by atomic mass is 79.9. The smallest absolute Gasteiger partial charge is 0.235 e. The molecule has 0 aliphatic carbocycles. The number of halogens is 2. The van der Waals surface area contributed by atoms with Crippen molar-refractivity contribution in [1.29, 1.82) is 0 Å². The van der Waals surface area contributed by atoms with Crippen LogP contribution < -0.4 is 5.32 Å². The fraction of sp³-hybridized carbons (Fsp3) is 0.100. The van der Waals surface area contributed by atoms with Crippen molar-refractivity contribution >= 4 is 55.3 Å². The number of benzene rings is 2. The number of nitrogens with one attached hydrogen (secondary N) is 1. The number of rotatable bonds is 7. The van der Waals surface area contributed by atoms with Crippen molar-refractivity contribution in [3.05, 3.63) is 82.1 Å². The highest BCUT2D eigenvalue weighted by molar-refractivity contribution is 9.10. The van der Waals surface area contributed by atoms with E-state index in [2.05, 4.69) is 47.5 Å². The van der Waals surface area contributed by atoms with Gasteiger partial charge in [-0.1, -0.05) is 49.2 Å². The lowest BCUT2D eigenvalue weighted by Gasteiger charge is -2.03. The molecule has 1 heterocycles. The Bertz CT molecular complexity index is 996. The number of anilines is 1. The van der Waals surface area contributed by atoms with Crippen LogP contribution in [0, 0.1) is 0 Å². The second-order valence-electron chi connectivity index (χ2n) is 5.92. The minimum absolute atomic E-state index is 0.148. The maximum atomic E-state index is 12.3. The van der Waals surface area contributed by atoms with Crippen LogP contribution in [0.5, 0.6) is 0 Å². The molecule has 8 heteroatoms. The zero-order valence-corrected chi connectivity index (χ0v) is 17.9. The molecule has 0 bridgehead atoms. The van der Waals surface area contributed by atoms with Crippen LogP contribution in [-0.2, 0) is 11.3 Å². The summed E-state index contributed by atoms with van der Waals surface area (Å²) < 4.78 is 2.74. The van der Waals surface area contributed by atoms with Gasteiger partial charge in [-0.05, 0) is 54.1 Å². The molecule has 0 saturated heterocycles. The minimum Gasteiger partial charge on any atom is -0.325 e. The quantitative estimate of drug-likeness (QED) is 0.296. The summed E-state index contributed by atoms with van der Waals surface area (Å²) in [5.41, 5.74) is 2.87. The largest absolute Gasteiger partial charge is 0.325 e. The van der Waals surface area contributed by atoms with Crippen LogP contribution in [0.15, 0.2) is 65.3 Å². The minimum atomic E-state index is -0.152. The number of carbonyl (C=O) groups excluding carboxylic acids is 2. The SMILES string of the molecule is O=C(CBr)Nc1ccc(C(=O)/C=C/c2cn(Cc3ccc(Br)cc3)nn2)cc1. The monoisotopic (exact) mass is 502 g/mol. The second-order valence-corrected chi connectivity index (χ2v) is 7.40. The summed E-state index contributed by atoms with van der Waals surface area (Å²) in [4.78, 5) is 23.6. The topological polar surface area (TPSA) is 76.9 Å². The molecule has 0 unspecified atom stereocenters. The number of alkyl halides is 1. The zero-order chi connectivity index (χ0) is 19.9. The molecule has 1 N–H and O–H groups in total. The van der Waals surface area contributed by atoms with Gasteiger partial charge in [0, 0.05) is 15.7 Å². The molecule has 28 heavy (non-hydrogen) atoms. The van der Waals surface area contributed by atoms with Gasteiger partial charge in [0.25, 0.3) is 0 Å². The summed E-state index contributed by atoms with van der Waals surface area (Å²) in [7, 11) is 0. The third-order valence-corrected chi connectivity index (χ3v) is 4.83. The number of allylic oxidation sites excluding steroid dienone is 1. The van der Waals surface area contributed by atoms with Crippen LogP contribution in [0.2, 0.25) is 0 Å². The van der Waals surface area contributed by atoms with Gasteiger partial charge in [-0.2, -0.15) is 0 Å². The Balaban J connectivity index is 1.60. The fourth-order valence-corrected chi connectivity index (χ4v) is 2.82. The van der Waals surface area contributed by atoms with Gasteiger partial charge in [-0.15, -0.1) is 5.10 Å². The average Bonchev–Trinajstić information content (AvgIpc) is 3.15. The lowest BCUT2D eigenvalue weighted by atomic mass is 10.1. The highest BCUT2D eigenvalue weighted by Gasteiger charge is 2.05. The number of hydrogen-bond acceptors (Lipinski definition) is 4. The van der Waals surface area contributed by atoms with Gasteiger partial charge in [-0.25, -0.2) is 4.68 Å². The van der Waals surface area contributed by atoms with Gasteiger partial charge < -0.3 is 5.32 Å². The lowest BCUT2D eigenvalue weighted by molar-refractivity contribution is -0.113. The Morgan fingerprint density at radius 2 is 1.79 bits per heavy atom. The normalized spacial score (nSPS) is 10.9. The van der Waals surface area contributed by atoms with E-state index in [1.807, 2.05) is 24.3 Å². The van der Waals surface area contributed by atoms with Crippen LogP contribution >= 0.6 is 31.9 Å². The molecule has 3 aromatic rings. The molecule has 0 fully saturated rings. The van der Waals surface area contributed by atoms with E-state index in [1.54, 1.807) is 41.2 Å². The first-order valence-electron chi connectivity index (χ1n) is 8.36. The third kappa shape index (κ3) is 5.71. The first-order valence-corrected chi connectivity index (χ1v) is 10.3. The molecule has 0 radical (unpaired) electrons. The molecule has 2 aromatic carbocycles. The van der Waals surface area contributed by atoms with E-state index in [9.17, 15) is 9.59 Å². The van der Waals surface area contributed by atoms with Crippen molar-refractivity contribution in [2.75, 3.05) is 10.6 Å². The predicted octanol–water partition coefficient (Wildman–Crippen LogP) is 4.32. The molecule has 3 rings (SSSR count). The molecule has 0 spiro atoms. The Hall–Kier alpha value is -2.58. The molecule has 0 saturated carbocycles. The molecular weight excluding hydrogens is 488 g/mol. The van der Waals surface area contributed by atoms with Gasteiger partial charge in [-0.3, -0.25) is 9.59 Å². The van der Waals surface area contributed by atoms with Crippen LogP contribution in [0.3, 0.4) is 0 Å². The summed E-state index contributed by atoms with van der Waals surface area (Å²) in [6.45, 7) is 0.601. The molecule has 142 valence electrons. The van der Waals surface area contributed by atoms with Gasteiger partial charge in [0.1, 0.15) is 5.69 Å². The number of carbonyl (C=O) groups is 2. The van der Waals surface area contributed by atoms with E-state index >= 15 is 0 Å². The van der Waals surface area contributed by atoms with Gasteiger partial charge >= 0.3 is 0 Å². The molecule has 6 nitrogen and oxygen atoms in total. The third-order valence-electron chi connectivity index (χ3n) is 3.79. The standard InChI is InChI=1S/C20H16Br2N4O2/c21-11-20(28)23-17-7-3-15(4-8-17)19(27)10-9-18-13-26(25-24-18)12-14-1-5-16(22)6-2-14/h1-10,13H,11-12H2,(H,23,28)/b10-9+. The van der Waals surface area contributed by atoms with Crippen LogP contribution in [0.25, 0.3) is 6.08 Å². The van der Waals surface area contributed by atoms with E-state index in [-0.39, 0.29) is 17.0 Å². The Kier molecular flexibility index (Phi) is 6.89. The summed E-state index contributed by atoms with van der Waals surface area (Å²) in [6, 6.07) is 14.7. The first kappa shape index (κ1) is 20.2. The van der Waals surface area contributed by atoms with E-state index in [4.69, 9.17) is 0 Å². The fourth-order valence-electron chi connectivity index (χ4n) is 2.41. The summed E-state index contributed by atoms with van der Waals surface area (Å²) in [5.74, 6) is -0.300. The average molecular weight is 504 g/mol. The van der Waals surface area contributed by atoms with E-state index in [0.29, 0.717) is 23.5 Å². The first-order chi connectivity index (χ1) is 13.5. The highest BCUT2D eigenvalue weighted by Crippen LogP contribution is 2.13. The number of hydrogen-bond donors (Lipinski definition) is 1. The number of aromatic nitrogens is 3. The maximum absolute atomic E-state index is 12.3. The van der Waals surface area contributed by atoms with Crippen molar-refractivity contribution in [2.45, 2.75) is 6.54 Å². The summed E-state index contributed by atoms with van der Waals surface area (Å²) in [6.07, 6.45) is 4.87. The molecular formula is C20H16Br2N4O2. The number of nitrogens with zero attached hydrogens (tertiary/aromatic N) is 3. The lowest BCUT2D eigenvalue weighted by Crippen LogP contribution is -2.12. The number of amides is 1. The molecule has 0 atom stereocenters. The molecule has 1 amide bonds. The van der Waals surface area contributed by atoms with Crippen LogP contribution in [0.4, 0.5) is 5.69 Å². The second kappa shape index (κ2) is 9.57. The van der Waals surface area contributed by atoms with E-state index < -0.39 is 0 Å². The van der Waals surface area contributed by atoms with Crippen molar-refractivity contribution in [3.8, 4) is 0 Å². The van der Waals surface area contributed by atoms with E-state index in [0.717, 1.165) is 10.0 Å². The molecule has 1 aromatic heterocycles. The van der Waals surface area contributed by atoms with Crippen LogP contribution in [0.1, 0.15) is 21.6 Å². The van der Waals surface area contributed by atoms with Crippen molar-refractivity contribution in [1.82, 2.24) is 15.0 Å². The summed E-state index contributed by atoms with van der Waals surface area (Å²) >= 11 is 6.50. The van der Waals surface area contributed by atoms with Crippen LogP contribution in [-0.4, -0.2) is 32.0 Å². The van der Waals surface area contributed by atoms with E-state index in [1.165, 1.54) is 6.08 Å². The van der Waals surface area contributed by atoms with Crippen molar-refractivity contribution in [2.24, 2.45) is 0 Å². The predicted molar refractivity (Wildman–Crippen MR) is 115 cm³/mol. The molecule has 0 aliphatic heterocycles. The van der Waals surface area contributed by atoms with Gasteiger partial charge in [0.2, 0.25) is 5.91 Å². The Labute approximate surface area is 178 Å². The number of ketones is 1. The maximum Gasteiger partial charge on any atom is 0.235 e. The Morgan fingerprint density at radius 1 is 1.07 bits per heavy atom.